The Morgan fingerprint density at radius 1 is 0.614 bits per heavy atom. The minimum Gasteiger partial charge on any atom is -1.00 e. The normalized spacial score (nSPS) is 10.4. The van der Waals surface area contributed by atoms with Crippen LogP contribution in [-0.4, -0.2) is 3.21 Å². The summed E-state index contributed by atoms with van der Waals surface area (Å²) in [5.41, 5.74) is 16.2. The molecule has 0 amide bonds. The number of rotatable bonds is 3. The van der Waals surface area contributed by atoms with Gasteiger partial charge in [0.15, 0.2) is 0 Å². The van der Waals surface area contributed by atoms with Crippen LogP contribution in [0, 0.1) is 33.8 Å². The van der Waals surface area contributed by atoms with Gasteiger partial charge in [-0.05, 0) is 6.42 Å². The molecule has 44 heavy (non-hydrogen) atoms. The van der Waals surface area contributed by atoms with Gasteiger partial charge in [-0.3, -0.25) is 0 Å². The Hall–Kier alpha value is -3.22. The summed E-state index contributed by atoms with van der Waals surface area (Å²) in [4.78, 5) is 0. The fourth-order valence-electron chi connectivity index (χ4n) is 5.34. The topological polar surface area (TPSA) is 0 Å². The van der Waals surface area contributed by atoms with Gasteiger partial charge in [0.2, 0.25) is 0 Å². The summed E-state index contributed by atoms with van der Waals surface area (Å²) >= 11 is 1.46. The molecule has 7 rings (SSSR count). The van der Waals surface area contributed by atoms with Crippen LogP contribution < -0.4 is 24.8 Å². The molecule has 0 saturated carbocycles. The van der Waals surface area contributed by atoms with E-state index in [4.69, 9.17) is 0 Å². The van der Waals surface area contributed by atoms with Gasteiger partial charge in [0, 0.05) is 0 Å². The number of hydrogen-bond donors (Lipinski definition) is 0. The van der Waals surface area contributed by atoms with Crippen molar-refractivity contribution >= 4 is 3.21 Å². The van der Waals surface area contributed by atoms with E-state index in [2.05, 4.69) is 161 Å². The molecule has 0 aliphatic heterocycles. The van der Waals surface area contributed by atoms with E-state index >= 15 is 0 Å². The maximum Gasteiger partial charge on any atom is -0.0253 e. The molecule has 0 nitrogen and oxygen atoms in total. The monoisotopic (exact) mass is 688 g/mol. The molecule has 0 unspecified atom stereocenters. The SMILES string of the molecule is Cc1cc(-c2ccccc2)c(C)[cH-]1.Cc1ccc([C](=[Zr+2])c2ccc(C)cc2)cc1.[Cl-].[Cl-].[c-]1cccc2c1Cc1ccccc1-2. The van der Waals surface area contributed by atoms with Crippen molar-refractivity contribution in [1.29, 1.82) is 0 Å². The molecule has 0 atom stereocenters. The third-order valence-electron chi connectivity index (χ3n) is 7.62. The largest absolute Gasteiger partial charge is 1.00 e. The molecule has 6 aromatic rings. The van der Waals surface area contributed by atoms with E-state index in [1.807, 2.05) is 6.07 Å². The first-order chi connectivity index (χ1) is 20.4. The smallest absolute Gasteiger partial charge is 0.0253 e. The Labute approximate surface area is 290 Å². The summed E-state index contributed by atoms with van der Waals surface area (Å²) in [6.45, 7) is 8.55. The van der Waals surface area contributed by atoms with Crippen LogP contribution in [0.2, 0.25) is 0 Å². The second kappa shape index (κ2) is 16.7. The van der Waals surface area contributed by atoms with Crippen LogP contribution in [0.5, 0.6) is 0 Å². The molecule has 0 fully saturated rings. The van der Waals surface area contributed by atoms with Crippen molar-refractivity contribution in [3.8, 4) is 22.3 Å². The first-order valence-corrected chi connectivity index (χ1v) is 15.7. The summed E-state index contributed by atoms with van der Waals surface area (Å²) in [5.74, 6) is 0. The van der Waals surface area contributed by atoms with Gasteiger partial charge in [-0.15, -0.1) is 5.56 Å². The van der Waals surface area contributed by atoms with E-state index in [-0.39, 0.29) is 24.8 Å². The molecule has 3 heteroatoms. The van der Waals surface area contributed by atoms with Crippen LogP contribution in [0.15, 0.2) is 133 Å². The minimum atomic E-state index is 0. The maximum atomic E-state index is 3.30. The van der Waals surface area contributed by atoms with Crippen molar-refractivity contribution < 1.29 is 49.0 Å². The molecule has 1 aliphatic carbocycles. The average Bonchev–Trinajstić information content (AvgIpc) is 3.57. The second-order valence-electron chi connectivity index (χ2n) is 11.0. The quantitative estimate of drug-likeness (QED) is 0.245. The molecule has 0 saturated heterocycles. The van der Waals surface area contributed by atoms with E-state index < -0.39 is 0 Å². The first kappa shape index (κ1) is 35.3. The third-order valence-corrected chi connectivity index (χ3v) is 9.04. The number of benzene rings is 5. The van der Waals surface area contributed by atoms with Crippen LogP contribution in [0.1, 0.15) is 44.5 Å². The van der Waals surface area contributed by atoms with Gasteiger partial charge in [-0.1, -0.05) is 85.1 Å². The third kappa shape index (κ3) is 8.92. The second-order valence-corrected chi connectivity index (χ2v) is 12.2. The van der Waals surface area contributed by atoms with Gasteiger partial charge in [0.1, 0.15) is 0 Å². The number of hydrogen-bond acceptors (Lipinski definition) is 0. The molecule has 0 aromatic heterocycles. The van der Waals surface area contributed by atoms with Crippen molar-refractivity contribution in [2.24, 2.45) is 0 Å². The Kier molecular flexibility index (Phi) is 13.4. The van der Waals surface area contributed by atoms with Crippen molar-refractivity contribution in [2.45, 2.75) is 34.1 Å². The fraction of sp³-hybridized carbons (Fsp3) is 0.122. The van der Waals surface area contributed by atoms with E-state index in [0.717, 1.165) is 6.42 Å². The summed E-state index contributed by atoms with van der Waals surface area (Å²) in [5, 5.41) is 0. The summed E-state index contributed by atoms with van der Waals surface area (Å²) < 4.78 is 1.42. The van der Waals surface area contributed by atoms with Gasteiger partial charge in [0.25, 0.3) is 0 Å². The predicted octanol–water partition coefficient (Wildman–Crippen LogP) is 4.17. The van der Waals surface area contributed by atoms with E-state index in [1.165, 1.54) is 94.2 Å². The zero-order valence-electron chi connectivity index (χ0n) is 25.7. The van der Waals surface area contributed by atoms with Crippen LogP contribution >= 0.6 is 0 Å². The van der Waals surface area contributed by atoms with E-state index in [0.29, 0.717) is 0 Å². The maximum absolute atomic E-state index is 3.30. The van der Waals surface area contributed by atoms with E-state index in [9.17, 15) is 0 Å². The molecule has 1 aliphatic rings. The Balaban J connectivity index is 0.000000177. The van der Waals surface area contributed by atoms with Crippen LogP contribution in [0.3, 0.4) is 0 Å². The summed E-state index contributed by atoms with van der Waals surface area (Å²) in [6.07, 6.45) is 1.05. The molecule has 0 N–H and O–H groups in total. The van der Waals surface area contributed by atoms with Gasteiger partial charge in [0.05, 0.1) is 0 Å². The van der Waals surface area contributed by atoms with Gasteiger partial charge in [-0.2, -0.15) is 52.6 Å². The zero-order valence-corrected chi connectivity index (χ0v) is 29.6. The average molecular weight is 691 g/mol. The number of aryl methyl sites for hydroxylation is 4. The van der Waals surface area contributed by atoms with Gasteiger partial charge < -0.3 is 24.8 Å². The molecule has 0 heterocycles. The minimum absolute atomic E-state index is 0. The first-order valence-electron chi connectivity index (χ1n) is 14.5. The summed E-state index contributed by atoms with van der Waals surface area (Å²) in [6, 6.07) is 50.6. The Bertz CT molecular complexity index is 1690. The Morgan fingerprint density at radius 3 is 1.73 bits per heavy atom. The van der Waals surface area contributed by atoms with Crippen LogP contribution in [0.4, 0.5) is 0 Å². The van der Waals surface area contributed by atoms with Crippen LogP contribution in [-0.2, 0) is 30.7 Å². The fourth-order valence-corrected chi connectivity index (χ4v) is 6.16. The number of halogens is 2. The van der Waals surface area contributed by atoms with Crippen LogP contribution in [0.25, 0.3) is 22.3 Å². The van der Waals surface area contributed by atoms with Crippen molar-refractivity contribution in [2.75, 3.05) is 0 Å². The van der Waals surface area contributed by atoms with Crippen molar-refractivity contribution in [1.82, 2.24) is 0 Å². The molecule has 0 spiro atoms. The van der Waals surface area contributed by atoms with Crippen molar-refractivity contribution in [3.63, 3.8) is 0 Å². The molecule has 6 aromatic carbocycles. The summed E-state index contributed by atoms with van der Waals surface area (Å²) in [7, 11) is 0. The zero-order chi connectivity index (χ0) is 29.5. The van der Waals surface area contributed by atoms with E-state index in [1.54, 1.807) is 0 Å². The molecular weight excluding hydrogens is 655 g/mol. The molecule has 0 radical (unpaired) electrons. The molecule has 220 valence electrons. The number of fused-ring (bicyclic) bond motifs is 3. The molecule has 0 bridgehead atoms. The predicted molar refractivity (Wildman–Crippen MR) is 176 cm³/mol. The van der Waals surface area contributed by atoms with Gasteiger partial charge in [-0.25, -0.2) is 6.07 Å². The van der Waals surface area contributed by atoms with Gasteiger partial charge >= 0.3 is 112 Å². The van der Waals surface area contributed by atoms with Crippen molar-refractivity contribution in [3.05, 3.63) is 184 Å². The molecular formula is C41H36Cl2Zr-2. The Morgan fingerprint density at radius 2 is 1.16 bits per heavy atom. The standard InChI is InChI=1S/C15H14.C13H9.C13H13.2ClH.Zr/c1-12-3-7-14(8-4-12)11-15-9-5-13(2)6-10-15;1-3-7-12-10(5-1)9-11-6-2-4-8-13(11)12;1-10-8-11(2)13(9-10)12-6-4-3-5-7-12;;;/h3-10H,1-2H3;1-5,7-8H,9H2;3-9H,1-2H3;2*1H;/q;2*-1;;;+2/p-2.